The molecular formula is C15H21N5O2. The number of ether oxygens (including phenoxy) is 1. The smallest absolute Gasteiger partial charge is 0.319 e. The van der Waals surface area contributed by atoms with Crippen LogP contribution in [0.4, 0.5) is 10.5 Å². The molecule has 0 bridgehead atoms. The Morgan fingerprint density at radius 2 is 2.09 bits per heavy atom. The summed E-state index contributed by atoms with van der Waals surface area (Å²) in [5.74, 6) is 0.384. The van der Waals surface area contributed by atoms with Gasteiger partial charge in [-0.15, -0.1) is 0 Å². The van der Waals surface area contributed by atoms with Crippen molar-refractivity contribution >= 4 is 11.7 Å². The lowest BCUT2D eigenvalue weighted by Crippen LogP contribution is -2.28. The third-order valence-corrected chi connectivity index (χ3v) is 3.51. The first-order chi connectivity index (χ1) is 10.4. The fourth-order valence-electron chi connectivity index (χ4n) is 2.22. The second kappa shape index (κ2) is 6.46. The second-order valence-corrected chi connectivity index (χ2v) is 5.15. The molecule has 2 aromatic rings. The number of methoxy groups -OCH3 is 1. The molecular weight excluding hydrogens is 282 g/mol. The number of amides is 2. The Labute approximate surface area is 129 Å². The van der Waals surface area contributed by atoms with Crippen LogP contribution in [0.2, 0.25) is 0 Å². The van der Waals surface area contributed by atoms with Gasteiger partial charge >= 0.3 is 6.03 Å². The molecule has 0 aromatic carbocycles. The fourth-order valence-corrected chi connectivity index (χ4v) is 2.22. The molecule has 0 saturated carbocycles. The zero-order chi connectivity index (χ0) is 16.3. The molecule has 0 atom stereocenters. The van der Waals surface area contributed by atoms with Crippen molar-refractivity contribution in [1.82, 2.24) is 20.1 Å². The summed E-state index contributed by atoms with van der Waals surface area (Å²) in [6, 6.07) is 1.50. The van der Waals surface area contributed by atoms with Crippen molar-refractivity contribution in [2.75, 3.05) is 12.4 Å². The van der Waals surface area contributed by atoms with E-state index in [2.05, 4.69) is 20.7 Å². The van der Waals surface area contributed by atoms with Crippen LogP contribution < -0.4 is 15.4 Å². The molecule has 2 aromatic heterocycles. The summed E-state index contributed by atoms with van der Waals surface area (Å²) in [4.78, 5) is 16.2. The fraction of sp³-hybridized carbons (Fsp3) is 0.400. The van der Waals surface area contributed by atoms with E-state index in [9.17, 15) is 4.79 Å². The van der Waals surface area contributed by atoms with Crippen LogP contribution in [0.25, 0.3) is 0 Å². The molecule has 7 nitrogen and oxygen atoms in total. The van der Waals surface area contributed by atoms with Gasteiger partial charge in [-0.05, 0) is 32.4 Å². The van der Waals surface area contributed by atoms with E-state index < -0.39 is 0 Å². The predicted molar refractivity (Wildman–Crippen MR) is 84.1 cm³/mol. The summed E-state index contributed by atoms with van der Waals surface area (Å²) in [5.41, 5.74) is 4.45. The number of aromatic nitrogens is 3. The van der Waals surface area contributed by atoms with Crippen LogP contribution in [0.1, 0.15) is 22.5 Å². The highest BCUT2D eigenvalue weighted by Gasteiger charge is 2.12. The van der Waals surface area contributed by atoms with Crippen molar-refractivity contribution in [3.05, 3.63) is 34.8 Å². The molecule has 0 spiro atoms. The number of hydrogen-bond acceptors (Lipinski definition) is 4. The van der Waals surface area contributed by atoms with Gasteiger partial charge in [-0.3, -0.25) is 4.68 Å². The van der Waals surface area contributed by atoms with Crippen molar-refractivity contribution in [2.45, 2.75) is 27.3 Å². The third-order valence-electron chi connectivity index (χ3n) is 3.51. The molecule has 118 valence electrons. The number of nitrogens with one attached hydrogen (secondary N) is 2. The van der Waals surface area contributed by atoms with Gasteiger partial charge in [-0.25, -0.2) is 9.78 Å². The Balaban J connectivity index is 2.03. The number of carbonyl (C=O) groups excluding carboxylic acids is 1. The second-order valence-electron chi connectivity index (χ2n) is 5.15. The van der Waals surface area contributed by atoms with E-state index in [-0.39, 0.29) is 6.03 Å². The van der Waals surface area contributed by atoms with Crippen molar-refractivity contribution in [1.29, 1.82) is 0 Å². The van der Waals surface area contributed by atoms with Gasteiger partial charge in [0, 0.05) is 31.0 Å². The molecule has 2 heterocycles. The molecule has 0 radical (unpaired) electrons. The molecule has 0 unspecified atom stereocenters. The van der Waals surface area contributed by atoms with Crippen LogP contribution in [0.3, 0.4) is 0 Å². The van der Waals surface area contributed by atoms with E-state index in [1.807, 2.05) is 33.9 Å². The Bertz CT molecular complexity index is 693. The Kier molecular flexibility index (Phi) is 4.65. The summed E-state index contributed by atoms with van der Waals surface area (Å²) >= 11 is 0. The molecule has 22 heavy (non-hydrogen) atoms. The maximum Gasteiger partial charge on any atom is 0.319 e. The lowest BCUT2D eigenvalue weighted by molar-refractivity contribution is 0.251. The van der Waals surface area contributed by atoms with Gasteiger partial charge in [-0.1, -0.05) is 0 Å². The summed E-state index contributed by atoms with van der Waals surface area (Å²) in [7, 11) is 3.40. The average molecular weight is 303 g/mol. The topological polar surface area (TPSA) is 81.1 Å². The first kappa shape index (κ1) is 15.8. The van der Waals surface area contributed by atoms with E-state index in [0.717, 1.165) is 22.5 Å². The first-order valence-corrected chi connectivity index (χ1v) is 6.97. The van der Waals surface area contributed by atoms with Gasteiger partial charge in [0.25, 0.3) is 0 Å². The van der Waals surface area contributed by atoms with E-state index in [0.29, 0.717) is 18.1 Å². The van der Waals surface area contributed by atoms with Crippen molar-refractivity contribution in [3.63, 3.8) is 0 Å². The monoisotopic (exact) mass is 303 g/mol. The van der Waals surface area contributed by atoms with E-state index in [4.69, 9.17) is 4.74 Å². The predicted octanol–water partition coefficient (Wildman–Crippen LogP) is 2.07. The maximum absolute atomic E-state index is 12.1. The summed E-state index contributed by atoms with van der Waals surface area (Å²) in [6.07, 6.45) is 1.68. The van der Waals surface area contributed by atoms with Crippen LogP contribution >= 0.6 is 0 Å². The normalized spacial score (nSPS) is 10.4. The molecule has 2 N–H and O–H groups in total. The van der Waals surface area contributed by atoms with Crippen molar-refractivity contribution < 1.29 is 9.53 Å². The Morgan fingerprint density at radius 1 is 1.36 bits per heavy atom. The molecule has 2 rings (SSSR count). The molecule has 0 saturated heterocycles. The highest BCUT2D eigenvalue weighted by atomic mass is 16.5. The van der Waals surface area contributed by atoms with Crippen LogP contribution in [-0.4, -0.2) is 27.9 Å². The van der Waals surface area contributed by atoms with Gasteiger partial charge in [0.2, 0.25) is 5.88 Å². The molecule has 0 aliphatic heterocycles. The number of hydrogen-bond donors (Lipinski definition) is 2. The number of carbonyl (C=O) groups is 1. The van der Waals surface area contributed by atoms with Crippen LogP contribution in [0.15, 0.2) is 12.3 Å². The van der Waals surface area contributed by atoms with Gasteiger partial charge in [-0.2, -0.15) is 5.10 Å². The molecule has 7 heteroatoms. The SMILES string of the molecule is COc1ncc(C)cc1NC(=O)NCc1c(C)nn(C)c1C. The van der Waals surface area contributed by atoms with Crippen molar-refractivity contribution in [2.24, 2.45) is 7.05 Å². The zero-order valence-electron chi connectivity index (χ0n) is 13.5. The number of aryl methyl sites for hydroxylation is 3. The summed E-state index contributed by atoms with van der Waals surface area (Å²) in [6.45, 7) is 6.22. The molecule has 0 aliphatic rings. The molecule has 2 amide bonds. The number of pyridine rings is 1. The Morgan fingerprint density at radius 3 is 2.68 bits per heavy atom. The standard InChI is InChI=1S/C15H21N5O2/c1-9-6-13(14(22-5)16-7-9)18-15(21)17-8-12-10(2)19-20(4)11(12)3/h6-7H,8H2,1-5H3,(H2,17,18,21). The third kappa shape index (κ3) is 3.36. The number of nitrogens with zero attached hydrogens (tertiary/aromatic N) is 3. The maximum atomic E-state index is 12.1. The highest BCUT2D eigenvalue weighted by molar-refractivity contribution is 5.90. The summed E-state index contributed by atoms with van der Waals surface area (Å²) in [5, 5.41) is 9.91. The van der Waals surface area contributed by atoms with E-state index in [1.54, 1.807) is 10.9 Å². The quantitative estimate of drug-likeness (QED) is 0.906. The van der Waals surface area contributed by atoms with Gasteiger partial charge < -0.3 is 15.4 Å². The minimum atomic E-state index is -0.312. The van der Waals surface area contributed by atoms with Crippen LogP contribution in [0, 0.1) is 20.8 Å². The molecule has 0 aliphatic carbocycles. The van der Waals surface area contributed by atoms with Crippen molar-refractivity contribution in [3.8, 4) is 5.88 Å². The largest absolute Gasteiger partial charge is 0.480 e. The number of anilines is 1. The number of urea groups is 1. The highest BCUT2D eigenvalue weighted by Crippen LogP contribution is 2.21. The first-order valence-electron chi connectivity index (χ1n) is 6.97. The Hall–Kier alpha value is -2.57. The van der Waals surface area contributed by atoms with E-state index in [1.165, 1.54) is 7.11 Å². The average Bonchev–Trinajstić information content (AvgIpc) is 2.70. The van der Waals surface area contributed by atoms with E-state index >= 15 is 0 Å². The minimum Gasteiger partial charge on any atom is -0.480 e. The minimum absolute atomic E-state index is 0.312. The van der Waals surface area contributed by atoms with Crippen LogP contribution in [0.5, 0.6) is 5.88 Å². The van der Waals surface area contributed by atoms with Gasteiger partial charge in [0.05, 0.1) is 12.8 Å². The van der Waals surface area contributed by atoms with Gasteiger partial charge in [0.15, 0.2) is 0 Å². The lowest BCUT2D eigenvalue weighted by Gasteiger charge is -2.11. The van der Waals surface area contributed by atoms with Gasteiger partial charge in [0.1, 0.15) is 5.69 Å². The summed E-state index contributed by atoms with van der Waals surface area (Å²) < 4.78 is 6.94. The number of rotatable bonds is 4. The van der Waals surface area contributed by atoms with Crippen LogP contribution in [-0.2, 0) is 13.6 Å². The molecule has 0 fully saturated rings. The zero-order valence-corrected chi connectivity index (χ0v) is 13.5. The lowest BCUT2D eigenvalue weighted by atomic mass is 10.2.